The average Bonchev–Trinajstić information content (AvgIpc) is 2.90. The first-order valence-electron chi connectivity index (χ1n) is 6.81. The lowest BCUT2D eigenvalue weighted by atomic mass is 10.2. The van der Waals surface area contributed by atoms with Crippen LogP contribution >= 0.6 is 0 Å². The first-order chi connectivity index (χ1) is 9.24. The van der Waals surface area contributed by atoms with Crippen LogP contribution in [0.25, 0.3) is 0 Å². The molecule has 0 unspecified atom stereocenters. The van der Waals surface area contributed by atoms with Gasteiger partial charge in [-0.2, -0.15) is 5.10 Å². The van der Waals surface area contributed by atoms with Gasteiger partial charge in [0.15, 0.2) is 0 Å². The van der Waals surface area contributed by atoms with E-state index in [1.54, 1.807) is 10.9 Å². The molecule has 0 aromatic carbocycles. The Morgan fingerprint density at radius 2 is 2.26 bits per heavy atom. The Labute approximate surface area is 113 Å². The molecule has 1 aromatic rings. The van der Waals surface area contributed by atoms with Gasteiger partial charge in [0.1, 0.15) is 0 Å². The quantitative estimate of drug-likeness (QED) is 0.794. The van der Waals surface area contributed by atoms with Crippen molar-refractivity contribution in [2.24, 2.45) is 0 Å². The lowest BCUT2D eigenvalue weighted by Gasteiger charge is -2.29. The van der Waals surface area contributed by atoms with Gasteiger partial charge in [-0.3, -0.25) is 14.4 Å². The maximum atomic E-state index is 11.8. The Bertz CT molecular complexity index is 374. The van der Waals surface area contributed by atoms with Crippen molar-refractivity contribution in [1.29, 1.82) is 0 Å². The Hall–Kier alpha value is -1.40. The van der Waals surface area contributed by atoms with E-state index in [2.05, 4.69) is 15.3 Å². The summed E-state index contributed by atoms with van der Waals surface area (Å²) in [5.41, 5.74) is 0. The van der Waals surface area contributed by atoms with Gasteiger partial charge in [0.25, 0.3) is 0 Å². The molecule has 6 nitrogen and oxygen atoms in total. The number of aromatic nitrogens is 2. The molecule has 0 spiro atoms. The molecule has 1 atom stereocenters. The molecule has 1 fully saturated rings. The fraction of sp³-hybridized carbons (Fsp3) is 0.692. The van der Waals surface area contributed by atoms with Gasteiger partial charge < -0.3 is 10.1 Å². The molecule has 1 aliphatic heterocycles. The largest absolute Gasteiger partial charge is 0.379 e. The summed E-state index contributed by atoms with van der Waals surface area (Å²) >= 11 is 0. The normalized spacial score (nSPS) is 18.2. The van der Waals surface area contributed by atoms with Crippen LogP contribution in [0.3, 0.4) is 0 Å². The van der Waals surface area contributed by atoms with Crippen LogP contribution in [-0.2, 0) is 16.1 Å². The van der Waals surface area contributed by atoms with Crippen LogP contribution in [0.1, 0.15) is 13.3 Å². The van der Waals surface area contributed by atoms with E-state index in [0.29, 0.717) is 13.0 Å². The third-order valence-corrected chi connectivity index (χ3v) is 3.17. The Balaban J connectivity index is 1.63. The number of amides is 1. The predicted octanol–water partition coefficient (Wildman–Crippen LogP) is 0.110. The summed E-state index contributed by atoms with van der Waals surface area (Å²) in [6.45, 7) is 7.04. The van der Waals surface area contributed by atoms with E-state index in [-0.39, 0.29) is 11.9 Å². The third kappa shape index (κ3) is 5.00. The van der Waals surface area contributed by atoms with Gasteiger partial charge in [-0.1, -0.05) is 0 Å². The molecule has 0 aliphatic carbocycles. The molecule has 19 heavy (non-hydrogen) atoms. The smallest absolute Gasteiger partial charge is 0.222 e. The standard InChI is InChI=1S/C13H22N4O2/c1-12(11-16-7-9-19-10-8-16)15-13(18)3-6-17-5-2-4-14-17/h2,4-5,12H,3,6-11H2,1H3,(H,15,18)/t12-/m1/s1. The number of nitrogens with zero attached hydrogens (tertiary/aromatic N) is 3. The van der Waals surface area contributed by atoms with Crippen LogP contribution in [0.4, 0.5) is 0 Å². The number of aryl methyl sites for hydroxylation is 1. The number of rotatable bonds is 6. The summed E-state index contributed by atoms with van der Waals surface area (Å²) in [5, 5.41) is 7.10. The minimum absolute atomic E-state index is 0.0799. The third-order valence-electron chi connectivity index (χ3n) is 3.17. The van der Waals surface area contributed by atoms with E-state index in [0.717, 1.165) is 32.8 Å². The summed E-state index contributed by atoms with van der Waals surface area (Å²) in [6.07, 6.45) is 4.05. The highest BCUT2D eigenvalue weighted by molar-refractivity contribution is 5.76. The zero-order valence-corrected chi connectivity index (χ0v) is 11.4. The Morgan fingerprint density at radius 1 is 1.47 bits per heavy atom. The van der Waals surface area contributed by atoms with Crippen molar-refractivity contribution in [3.63, 3.8) is 0 Å². The monoisotopic (exact) mass is 266 g/mol. The zero-order valence-electron chi connectivity index (χ0n) is 11.4. The van der Waals surface area contributed by atoms with Crippen molar-refractivity contribution in [1.82, 2.24) is 20.0 Å². The Kier molecular flexibility index (Phi) is 5.35. The van der Waals surface area contributed by atoms with Crippen molar-refractivity contribution >= 4 is 5.91 Å². The number of morpholine rings is 1. The maximum absolute atomic E-state index is 11.8. The molecule has 1 amide bonds. The molecule has 2 rings (SSSR count). The van der Waals surface area contributed by atoms with E-state index in [1.165, 1.54) is 0 Å². The van der Waals surface area contributed by atoms with E-state index in [4.69, 9.17) is 4.74 Å². The summed E-state index contributed by atoms with van der Waals surface area (Å²) in [5.74, 6) is 0.0799. The summed E-state index contributed by atoms with van der Waals surface area (Å²) in [4.78, 5) is 14.1. The predicted molar refractivity (Wildman–Crippen MR) is 71.7 cm³/mol. The van der Waals surface area contributed by atoms with Crippen molar-refractivity contribution in [3.05, 3.63) is 18.5 Å². The van der Waals surface area contributed by atoms with E-state index in [1.807, 2.05) is 19.2 Å². The van der Waals surface area contributed by atoms with Gasteiger partial charge in [-0.05, 0) is 13.0 Å². The lowest BCUT2D eigenvalue weighted by Crippen LogP contribution is -2.46. The van der Waals surface area contributed by atoms with Gasteiger partial charge >= 0.3 is 0 Å². The second kappa shape index (κ2) is 7.25. The highest BCUT2D eigenvalue weighted by Gasteiger charge is 2.15. The molecule has 1 aliphatic rings. The zero-order chi connectivity index (χ0) is 13.5. The molecule has 2 heterocycles. The number of carbonyl (C=O) groups excluding carboxylic acids is 1. The lowest BCUT2D eigenvalue weighted by molar-refractivity contribution is -0.122. The minimum atomic E-state index is 0.0799. The van der Waals surface area contributed by atoms with Gasteiger partial charge in [0, 0.05) is 51.0 Å². The van der Waals surface area contributed by atoms with Gasteiger partial charge in [-0.15, -0.1) is 0 Å². The van der Waals surface area contributed by atoms with Gasteiger partial charge in [0.05, 0.1) is 13.2 Å². The van der Waals surface area contributed by atoms with E-state index < -0.39 is 0 Å². The van der Waals surface area contributed by atoms with Crippen molar-refractivity contribution in [3.8, 4) is 0 Å². The summed E-state index contributed by atoms with van der Waals surface area (Å²) in [7, 11) is 0. The van der Waals surface area contributed by atoms with Crippen molar-refractivity contribution in [2.75, 3.05) is 32.8 Å². The molecule has 1 aromatic heterocycles. The van der Waals surface area contributed by atoms with E-state index >= 15 is 0 Å². The average molecular weight is 266 g/mol. The molecular formula is C13H22N4O2. The number of nitrogens with one attached hydrogen (secondary N) is 1. The first-order valence-corrected chi connectivity index (χ1v) is 6.81. The minimum Gasteiger partial charge on any atom is -0.379 e. The summed E-state index contributed by atoms with van der Waals surface area (Å²) in [6, 6.07) is 2.03. The van der Waals surface area contributed by atoms with E-state index in [9.17, 15) is 4.79 Å². The molecule has 0 saturated carbocycles. The fourth-order valence-corrected chi connectivity index (χ4v) is 2.21. The van der Waals surface area contributed by atoms with Crippen molar-refractivity contribution in [2.45, 2.75) is 25.9 Å². The van der Waals surface area contributed by atoms with Crippen molar-refractivity contribution < 1.29 is 9.53 Å². The number of hydrogen-bond donors (Lipinski definition) is 1. The maximum Gasteiger partial charge on any atom is 0.222 e. The first kappa shape index (κ1) is 14.0. The Morgan fingerprint density at radius 3 is 2.95 bits per heavy atom. The number of carbonyl (C=O) groups is 1. The molecule has 1 N–H and O–H groups in total. The second-order valence-electron chi connectivity index (χ2n) is 4.90. The van der Waals surface area contributed by atoms with Crippen LogP contribution in [0.2, 0.25) is 0 Å². The van der Waals surface area contributed by atoms with Crippen LogP contribution in [0, 0.1) is 0 Å². The molecule has 106 valence electrons. The number of ether oxygens (including phenoxy) is 1. The molecular weight excluding hydrogens is 244 g/mol. The molecule has 0 bridgehead atoms. The summed E-state index contributed by atoms with van der Waals surface area (Å²) < 4.78 is 7.07. The molecule has 0 radical (unpaired) electrons. The molecule has 1 saturated heterocycles. The SMILES string of the molecule is C[C@H](CN1CCOCC1)NC(=O)CCn1cccn1. The van der Waals surface area contributed by atoms with Crippen LogP contribution < -0.4 is 5.32 Å². The van der Waals surface area contributed by atoms with Crippen LogP contribution in [0.15, 0.2) is 18.5 Å². The molecule has 6 heteroatoms. The van der Waals surface area contributed by atoms with Gasteiger partial charge in [-0.25, -0.2) is 0 Å². The van der Waals surface area contributed by atoms with Gasteiger partial charge in [0.2, 0.25) is 5.91 Å². The number of hydrogen-bond acceptors (Lipinski definition) is 4. The van der Waals surface area contributed by atoms with Crippen LogP contribution in [-0.4, -0.2) is 59.5 Å². The van der Waals surface area contributed by atoms with Crippen LogP contribution in [0.5, 0.6) is 0 Å². The highest BCUT2D eigenvalue weighted by atomic mass is 16.5. The highest BCUT2D eigenvalue weighted by Crippen LogP contribution is 1.99. The second-order valence-corrected chi connectivity index (χ2v) is 4.90. The fourth-order valence-electron chi connectivity index (χ4n) is 2.21. The topological polar surface area (TPSA) is 59.4 Å².